The molecule has 2 N–H and O–H groups in total. The number of amides is 1. The van der Waals surface area contributed by atoms with Gasteiger partial charge in [0.05, 0.1) is 17.3 Å². The van der Waals surface area contributed by atoms with Gasteiger partial charge in [0.1, 0.15) is 21.8 Å². The molecule has 0 spiro atoms. The molecular weight excluding hydrogens is 635 g/mol. The normalized spacial score (nSPS) is 21.1. The quantitative estimate of drug-likeness (QED) is 0.376. The summed E-state index contributed by atoms with van der Waals surface area (Å²) < 4.78 is 63.2. The number of sulfone groups is 1. The van der Waals surface area contributed by atoms with Crippen LogP contribution in [0.2, 0.25) is 0 Å². The molecule has 3 aliphatic heterocycles. The number of rotatable bonds is 6. The van der Waals surface area contributed by atoms with E-state index in [1.165, 1.54) is 43.3 Å². The zero-order valence-electron chi connectivity index (χ0n) is 26.2. The molecule has 1 saturated carbocycles. The number of nitrogens with one attached hydrogen (secondary N) is 2. The fourth-order valence-electron chi connectivity index (χ4n) is 6.82. The Morgan fingerprint density at radius 1 is 1.00 bits per heavy atom. The van der Waals surface area contributed by atoms with E-state index in [1.807, 2.05) is 12.3 Å². The van der Waals surface area contributed by atoms with Gasteiger partial charge in [0, 0.05) is 61.9 Å². The predicted molar refractivity (Wildman–Crippen MR) is 174 cm³/mol. The first kappa shape index (κ1) is 32.8. The third-order valence-electron chi connectivity index (χ3n) is 9.33. The van der Waals surface area contributed by atoms with E-state index in [0.29, 0.717) is 31.2 Å². The summed E-state index contributed by atoms with van der Waals surface area (Å²) in [4.78, 5) is 24.6. The molecule has 0 radical (unpaired) electrons. The smallest absolute Gasteiger partial charge is 0.371 e. The van der Waals surface area contributed by atoms with Gasteiger partial charge in [0.2, 0.25) is 18.2 Å². The molecule has 1 aliphatic carbocycles. The van der Waals surface area contributed by atoms with E-state index >= 15 is 0 Å². The number of aromatic nitrogens is 3. The number of nitrogens with zero attached hydrogens (tertiary/aromatic N) is 7. The lowest BCUT2D eigenvalue weighted by molar-refractivity contribution is -0.120. The summed E-state index contributed by atoms with van der Waals surface area (Å²) in [6, 6.07) is 10.8. The van der Waals surface area contributed by atoms with Gasteiger partial charge in [-0.3, -0.25) is 10.2 Å². The van der Waals surface area contributed by atoms with E-state index in [0.717, 1.165) is 40.4 Å². The van der Waals surface area contributed by atoms with Crippen LogP contribution in [0.1, 0.15) is 44.9 Å². The van der Waals surface area contributed by atoms with Crippen LogP contribution in [0.5, 0.6) is 0 Å². The van der Waals surface area contributed by atoms with E-state index in [2.05, 4.69) is 60.8 Å². The Labute approximate surface area is 271 Å². The molecule has 5 heterocycles. The van der Waals surface area contributed by atoms with Gasteiger partial charge in [-0.25, -0.2) is 13.4 Å². The summed E-state index contributed by atoms with van der Waals surface area (Å²) in [5.74, 6) is 0.634. The molecule has 1 atom stereocenters. The average Bonchev–Trinajstić information content (AvgIpc) is 3.70. The largest absolute Gasteiger partial charge is 0.451 e. The second-order valence-corrected chi connectivity index (χ2v) is 14.8. The van der Waals surface area contributed by atoms with Crippen molar-refractivity contribution in [2.75, 3.05) is 49.2 Å². The van der Waals surface area contributed by atoms with Gasteiger partial charge >= 0.3 is 6.18 Å². The summed E-state index contributed by atoms with van der Waals surface area (Å²) >= 11 is 0. The van der Waals surface area contributed by atoms with E-state index in [4.69, 9.17) is 4.98 Å². The Hall–Kier alpha value is -4.08. The van der Waals surface area contributed by atoms with E-state index in [-0.39, 0.29) is 24.9 Å². The molecule has 0 bridgehead atoms. The third-order valence-corrected chi connectivity index (χ3v) is 11.0. The number of hydrogen-bond donors (Lipinski definition) is 2. The Morgan fingerprint density at radius 3 is 2.47 bits per heavy atom. The van der Waals surface area contributed by atoms with Crippen molar-refractivity contribution in [2.24, 2.45) is 5.10 Å². The fraction of sp³-hybridized carbons (Fsp3) is 0.548. The number of piperazine rings is 1. The van der Waals surface area contributed by atoms with Gasteiger partial charge in [-0.1, -0.05) is 25.3 Å². The Kier molecular flexibility index (Phi) is 9.48. The number of piperidine rings is 1. The first-order valence-corrected chi connectivity index (χ1v) is 18.0. The maximum Gasteiger partial charge on any atom is 0.451 e. The number of hydrazone groups is 1. The minimum atomic E-state index is -4.44. The number of carbonyl (C=O) groups is 1. The molecule has 2 aromatic heterocycles. The zero-order chi connectivity index (χ0) is 33.2. The van der Waals surface area contributed by atoms with Gasteiger partial charge in [0.15, 0.2) is 0 Å². The molecule has 12 nitrogen and oxygen atoms in total. The maximum atomic E-state index is 12.4. The minimum absolute atomic E-state index is 0.148. The highest BCUT2D eigenvalue weighted by molar-refractivity contribution is 7.91. The second kappa shape index (κ2) is 13.6. The second-order valence-electron chi connectivity index (χ2n) is 12.5. The SMILES string of the molecule is CS(=O)(=O)C1CCN(c2cccc3c2ccn3-c2ccnc(NC3CCCCC3)n2)CC1.O=CN1CCN2C(C(F)(F)F)=NNC2C1. The number of fused-ring (bicyclic) bond motifs is 2. The molecule has 1 aromatic carbocycles. The van der Waals surface area contributed by atoms with Crippen molar-refractivity contribution in [3.8, 4) is 5.82 Å². The summed E-state index contributed by atoms with van der Waals surface area (Å²) in [6.45, 7) is 2.16. The lowest BCUT2D eigenvalue weighted by Crippen LogP contribution is -2.57. The number of amidine groups is 1. The Bertz CT molecular complexity index is 1700. The Balaban J connectivity index is 0.000000215. The van der Waals surface area contributed by atoms with Gasteiger partial charge in [0.25, 0.3) is 0 Å². The molecule has 4 aliphatic rings. The van der Waals surface area contributed by atoms with Crippen molar-refractivity contribution < 1.29 is 26.4 Å². The number of anilines is 2. The molecule has 16 heteroatoms. The third kappa shape index (κ3) is 7.41. The van der Waals surface area contributed by atoms with Crippen molar-refractivity contribution in [2.45, 2.75) is 68.6 Å². The van der Waals surface area contributed by atoms with Crippen molar-refractivity contribution in [3.63, 3.8) is 0 Å². The first-order valence-electron chi connectivity index (χ1n) is 16.0. The molecule has 47 heavy (non-hydrogen) atoms. The van der Waals surface area contributed by atoms with Gasteiger partial charge < -0.3 is 24.6 Å². The summed E-state index contributed by atoms with van der Waals surface area (Å²) in [6.07, 6.45) is 8.44. The van der Waals surface area contributed by atoms with Crippen molar-refractivity contribution in [1.82, 2.24) is 29.8 Å². The van der Waals surface area contributed by atoms with Crippen LogP contribution in [0.4, 0.5) is 24.8 Å². The molecular formula is C31H40F3N9O3S. The van der Waals surface area contributed by atoms with Crippen LogP contribution in [0.25, 0.3) is 16.7 Å². The Morgan fingerprint density at radius 2 is 1.77 bits per heavy atom. The molecule has 1 unspecified atom stereocenters. The van der Waals surface area contributed by atoms with Crippen LogP contribution in [0.3, 0.4) is 0 Å². The summed E-state index contributed by atoms with van der Waals surface area (Å²) in [5, 5.41) is 7.70. The van der Waals surface area contributed by atoms with E-state index < -0.39 is 28.0 Å². The number of alkyl halides is 3. The summed E-state index contributed by atoms with van der Waals surface area (Å²) in [5.41, 5.74) is 4.62. The number of benzene rings is 1. The minimum Gasteiger partial charge on any atom is -0.371 e. The molecule has 1 amide bonds. The zero-order valence-corrected chi connectivity index (χ0v) is 27.1. The molecule has 3 aromatic rings. The topological polar surface area (TPSA) is 128 Å². The molecule has 2 saturated heterocycles. The van der Waals surface area contributed by atoms with Crippen molar-refractivity contribution >= 4 is 44.6 Å². The fourth-order valence-corrected chi connectivity index (χ4v) is 7.89. The molecule has 3 fully saturated rings. The summed E-state index contributed by atoms with van der Waals surface area (Å²) in [7, 11) is -2.97. The van der Waals surface area contributed by atoms with Crippen molar-refractivity contribution in [1.29, 1.82) is 0 Å². The lowest BCUT2D eigenvalue weighted by Gasteiger charge is -2.36. The van der Waals surface area contributed by atoms with Crippen LogP contribution < -0.4 is 15.6 Å². The van der Waals surface area contributed by atoms with Crippen LogP contribution in [-0.4, -0.2) is 108 Å². The number of halogens is 3. The first-order chi connectivity index (χ1) is 22.5. The standard InChI is InChI=1S/C24H31N5O2S.C7H9F3N4O/c1-32(30,31)19-11-15-28(16-12-19)21-8-5-9-22-20(21)13-17-29(22)23-10-14-25-24(27-23)26-18-6-3-2-4-7-18;8-7(9,10)6-12-11-5-3-13(4-15)1-2-14(5)6/h5,8-10,13-14,17-19H,2-4,6-7,11-12,15-16H2,1H3,(H,25,26,27);4-5,11H,1-3H2. The monoisotopic (exact) mass is 675 g/mol. The number of carbonyl (C=O) groups excluding carboxylic acids is 1. The van der Waals surface area contributed by atoms with E-state index in [9.17, 15) is 26.4 Å². The van der Waals surface area contributed by atoms with Crippen LogP contribution in [-0.2, 0) is 14.6 Å². The van der Waals surface area contributed by atoms with Crippen LogP contribution >= 0.6 is 0 Å². The van der Waals surface area contributed by atoms with Gasteiger partial charge in [-0.2, -0.15) is 23.3 Å². The average molecular weight is 676 g/mol. The predicted octanol–water partition coefficient (Wildman–Crippen LogP) is 3.74. The van der Waals surface area contributed by atoms with Crippen LogP contribution in [0, 0.1) is 0 Å². The molecule has 254 valence electrons. The maximum absolute atomic E-state index is 12.4. The van der Waals surface area contributed by atoms with E-state index in [1.54, 1.807) is 0 Å². The van der Waals surface area contributed by atoms with Crippen molar-refractivity contribution in [3.05, 3.63) is 42.7 Å². The lowest BCUT2D eigenvalue weighted by atomic mass is 9.96. The highest BCUT2D eigenvalue weighted by Crippen LogP contribution is 2.32. The van der Waals surface area contributed by atoms with Gasteiger partial charge in [-0.15, -0.1) is 0 Å². The van der Waals surface area contributed by atoms with Crippen LogP contribution in [0.15, 0.2) is 47.8 Å². The highest BCUT2D eigenvalue weighted by atomic mass is 32.2. The number of hydrogen-bond acceptors (Lipinski definition) is 10. The molecule has 7 rings (SSSR count). The van der Waals surface area contributed by atoms with Gasteiger partial charge in [-0.05, 0) is 49.9 Å². The highest BCUT2D eigenvalue weighted by Gasteiger charge is 2.47.